The fraction of sp³-hybridized carbons (Fsp3) is 0.625. The quantitative estimate of drug-likeness (QED) is 0.558. The second-order valence-corrected chi connectivity index (χ2v) is 6.13. The summed E-state index contributed by atoms with van der Waals surface area (Å²) in [6.07, 6.45) is 1.23. The average Bonchev–Trinajstić information content (AvgIpc) is 2.68. The molecule has 0 bridgehead atoms. The molecule has 0 aromatic heterocycles. The second-order valence-electron chi connectivity index (χ2n) is 3.73. The topological polar surface area (TPSA) is 105 Å². The number of carbonyl (C=O) groups is 2. The first-order valence-electron chi connectivity index (χ1n) is 4.87. The van der Waals surface area contributed by atoms with Crippen molar-refractivity contribution in [3.63, 3.8) is 0 Å². The summed E-state index contributed by atoms with van der Waals surface area (Å²) in [5.74, 6) is -1.31. The van der Waals surface area contributed by atoms with Crippen LogP contribution in [0.3, 0.4) is 0 Å². The summed E-state index contributed by atoms with van der Waals surface area (Å²) in [7, 11) is -3.04. The number of aliphatic imine (C=N–C) groups is 1. The van der Waals surface area contributed by atoms with Gasteiger partial charge in [0.1, 0.15) is 0 Å². The first kappa shape index (κ1) is 11.1. The molecule has 0 aliphatic carbocycles. The summed E-state index contributed by atoms with van der Waals surface area (Å²) < 4.78 is 22.9. The van der Waals surface area contributed by atoms with Crippen LogP contribution in [-0.2, 0) is 19.4 Å². The Balaban J connectivity index is 2.00. The molecule has 2 heterocycles. The van der Waals surface area contributed by atoms with E-state index in [0.717, 1.165) is 0 Å². The number of hydrogen-bond donors (Lipinski definition) is 2. The van der Waals surface area contributed by atoms with E-state index in [1.807, 2.05) is 0 Å². The molecule has 7 nitrogen and oxygen atoms in total. The number of sulfone groups is 1. The zero-order valence-electron chi connectivity index (χ0n) is 8.39. The van der Waals surface area contributed by atoms with Crippen molar-refractivity contribution in [1.82, 2.24) is 10.6 Å². The third-order valence-corrected chi connectivity index (χ3v) is 4.84. The van der Waals surface area contributed by atoms with Crippen molar-refractivity contribution in [1.29, 1.82) is 0 Å². The Labute approximate surface area is 92.2 Å². The van der Waals surface area contributed by atoms with Crippen LogP contribution in [0.15, 0.2) is 4.99 Å². The molecule has 8 heteroatoms. The molecule has 2 aliphatic rings. The van der Waals surface area contributed by atoms with Crippen molar-refractivity contribution in [3.8, 4) is 0 Å². The van der Waals surface area contributed by atoms with Crippen LogP contribution in [0.5, 0.6) is 0 Å². The number of rotatable bonds is 2. The van der Waals surface area contributed by atoms with Crippen LogP contribution in [0.1, 0.15) is 12.8 Å². The molecule has 1 atom stereocenters. The highest BCUT2D eigenvalue weighted by Gasteiger charge is 2.32. The van der Waals surface area contributed by atoms with E-state index in [0.29, 0.717) is 12.8 Å². The fourth-order valence-corrected chi connectivity index (χ4v) is 3.43. The van der Waals surface area contributed by atoms with E-state index in [4.69, 9.17) is 0 Å². The van der Waals surface area contributed by atoms with Crippen LogP contribution in [0.4, 0.5) is 0 Å². The van der Waals surface area contributed by atoms with Crippen LogP contribution in [-0.4, -0.2) is 43.7 Å². The molecule has 0 aromatic rings. The first-order valence-corrected chi connectivity index (χ1v) is 6.59. The Morgan fingerprint density at radius 1 is 1.25 bits per heavy atom. The van der Waals surface area contributed by atoms with Crippen molar-refractivity contribution in [2.45, 2.75) is 18.1 Å². The fourth-order valence-electron chi connectivity index (χ4n) is 1.70. The smallest absolute Gasteiger partial charge is 0.288 e. The van der Waals surface area contributed by atoms with Gasteiger partial charge >= 0.3 is 11.8 Å². The van der Waals surface area contributed by atoms with E-state index in [1.54, 1.807) is 0 Å². The van der Waals surface area contributed by atoms with Gasteiger partial charge in [-0.3, -0.25) is 25.2 Å². The van der Waals surface area contributed by atoms with Crippen molar-refractivity contribution < 1.29 is 18.0 Å². The molecule has 0 saturated carbocycles. The van der Waals surface area contributed by atoms with Crippen LogP contribution < -0.4 is 10.6 Å². The number of hydrogen-bond acceptors (Lipinski definition) is 5. The minimum Gasteiger partial charge on any atom is -0.288 e. The molecule has 16 heavy (non-hydrogen) atoms. The largest absolute Gasteiger partial charge is 0.316 e. The summed E-state index contributed by atoms with van der Waals surface area (Å²) in [4.78, 5) is 25.4. The molecule has 0 radical (unpaired) electrons. The van der Waals surface area contributed by atoms with Gasteiger partial charge in [0, 0.05) is 0 Å². The molecule has 2 saturated heterocycles. The third-order valence-electron chi connectivity index (χ3n) is 2.59. The summed E-state index contributed by atoms with van der Waals surface area (Å²) in [6, 6.07) is 0. The van der Waals surface area contributed by atoms with E-state index in [9.17, 15) is 18.0 Å². The van der Waals surface area contributed by atoms with Crippen LogP contribution in [0.25, 0.3) is 0 Å². The molecule has 1 unspecified atom stereocenters. The zero-order chi connectivity index (χ0) is 11.8. The van der Waals surface area contributed by atoms with Gasteiger partial charge in [0.25, 0.3) is 0 Å². The first-order chi connectivity index (χ1) is 7.49. The maximum atomic E-state index is 11.5. The number of guanidine groups is 1. The van der Waals surface area contributed by atoms with Crippen LogP contribution in [0, 0.1) is 0 Å². The van der Waals surface area contributed by atoms with Crippen molar-refractivity contribution in [2.75, 3.05) is 12.3 Å². The van der Waals surface area contributed by atoms with E-state index < -0.39 is 26.9 Å². The van der Waals surface area contributed by atoms with Gasteiger partial charge in [-0.1, -0.05) is 0 Å². The molecule has 0 spiro atoms. The Morgan fingerprint density at radius 2 is 1.88 bits per heavy atom. The number of nitrogens with one attached hydrogen (secondary N) is 2. The zero-order valence-corrected chi connectivity index (χ0v) is 9.21. The van der Waals surface area contributed by atoms with E-state index >= 15 is 0 Å². The lowest BCUT2D eigenvalue weighted by Gasteiger charge is -2.05. The van der Waals surface area contributed by atoms with Gasteiger partial charge in [0.2, 0.25) is 5.96 Å². The molecule has 2 fully saturated rings. The predicted molar refractivity (Wildman–Crippen MR) is 55.4 cm³/mol. The Hall–Kier alpha value is -1.44. The number of amides is 2. The highest BCUT2D eigenvalue weighted by Crippen LogP contribution is 2.19. The lowest BCUT2D eigenvalue weighted by Crippen LogP contribution is -2.28. The van der Waals surface area contributed by atoms with Crippen LogP contribution >= 0.6 is 0 Å². The summed E-state index contributed by atoms with van der Waals surface area (Å²) >= 11 is 0. The van der Waals surface area contributed by atoms with Crippen molar-refractivity contribution in [3.05, 3.63) is 0 Å². The molecular formula is C8H11N3O4S. The van der Waals surface area contributed by atoms with Gasteiger partial charge < -0.3 is 0 Å². The van der Waals surface area contributed by atoms with Crippen molar-refractivity contribution in [2.24, 2.45) is 4.99 Å². The average molecular weight is 245 g/mol. The summed E-state index contributed by atoms with van der Waals surface area (Å²) in [6.45, 7) is 0.0816. The van der Waals surface area contributed by atoms with Gasteiger partial charge in [0.05, 0.1) is 17.5 Å². The maximum Gasteiger partial charge on any atom is 0.316 e. The third kappa shape index (κ3) is 2.06. The highest BCUT2D eigenvalue weighted by atomic mass is 32.2. The summed E-state index contributed by atoms with van der Waals surface area (Å²) in [5.41, 5.74) is 0. The van der Waals surface area contributed by atoms with Gasteiger partial charge in [0.15, 0.2) is 9.84 Å². The van der Waals surface area contributed by atoms with Gasteiger partial charge in [-0.25, -0.2) is 8.42 Å². The lowest BCUT2D eigenvalue weighted by molar-refractivity contribution is -0.135. The maximum absolute atomic E-state index is 11.5. The van der Waals surface area contributed by atoms with Gasteiger partial charge in [-0.2, -0.15) is 0 Å². The Kier molecular flexibility index (Phi) is 2.66. The highest BCUT2D eigenvalue weighted by molar-refractivity contribution is 7.92. The molecule has 2 aliphatic heterocycles. The van der Waals surface area contributed by atoms with Crippen molar-refractivity contribution >= 4 is 27.6 Å². The standard InChI is InChI=1S/C8H11N3O4S/c12-6-7(13)11-8(10-6)9-4-5-2-1-3-16(5,14)15/h5H,1-4H2,(H2,9,10,11,12,13). The number of nitrogens with zero attached hydrogens (tertiary/aromatic N) is 1. The molecule has 2 amide bonds. The predicted octanol–water partition coefficient (Wildman–Crippen LogP) is -1.83. The van der Waals surface area contributed by atoms with E-state index in [2.05, 4.69) is 15.6 Å². The molecular weight excluding hydrogens is 234 g/mol. The SMILES string of the molecule is O=C1NC(=NCC2CCCS2(=O)=O)NC1=O. The second kappa shape index (κ2) is 3.85. The minimum atomic E-state index is -3.04. The molecule has 2 N–H and O–H groups in total. The molecule has 88 valence electrons. The molecule has 2 rings (SSSR count). The van der Waals surface area contributed by atoms with E-state index in [-0.39, 0.29) is 18.3 Å². The van der Waals surface area contributed by atoms with E-state index in [1.165, 1.54) is 0 Å². The van der Waals surface area contributed by atoms with Gasteiger partial charge in [-0.05, 0) is 12.8 Å². The molecule has 0 aromatic carbocycles. The Morgan fingerprint density at radius 3 is 2.38 bits per heavy atom. The van der Waals surface area contributed by atoms with Gasteiger partial charge in [-0.15, -0.1) is 0 Å². The monoisotopic (exact) mass is 245 g/mol. The Bertz CT molecular complexity index is 450. The summed E-state index contributed by atoms with van der Waals surface area (Å²) in [5, 5.41) is 3.93. The lowest BCUT2D eigenvalue weighted by atomic mass is 10.2. The minimum absolute atomic E-state index is 0.0390. The number of carbonyl (C=O) groups excluding carboxylic acids is 2. The normalized spacial score (nSPS) is 27.8. The van der Waals surface area contributed by atoms with Crippen LogP contribution in [0.2, 0.25) is 0 Å².